The predicted molar refractivity (Wildman–Crippen MR) is 85.1 cm³/mol. The summed E-state index contributed by atoms with van der Waals surface area (Å²) in [5.74, 6) is -0.0446. The number of nitrogens with one attached hydrogen (secondary N) is 2. The Morgan fingerprint density at radius 1 is 1.30 bits per heavy atom. The Morgan fingerprint density at radius 2 is 2.10 bits per heavy atom. The first-order chi connectivity index (χ1) is 9.54. The smallest absolute Gasteiger partial charge is 0.221 e. The highest BCUT2D eigenvalue weighted by atomic mass is 32.1. The van der Waals surface area contributed by atoms with Crippen LogP contribution in [0.5, 0.6) is 0 Å². The molecular formula is C16H20N2OS. The first kappa shape index (κ1) is 14.8. The molecule has 1 aromatic heterocycles. The molecule has 0 saturated heterocycles. The lowest BCUT2D eigenvalue weighted by Gasteiger charge is -2.15. The maximum Gasteiger partial charge on any atom is 0.221 e. The monoisotopic (exact) mass is 288 g/mol. The average Bonchev–Trinajstić information content (AvgIpc) is 2.81. The fraction of sp³-hybridized carbons (Fsp3) is 0.312. The number of carbonyl (C=O) groups excluding carboxylic acids is 1. The predicted octanol–water partition coefficient (Wildman–Crippen LogP) is 3.87. The number of amides is 1. The molecular weight excluding hydrogens is 268 g/mol. The number of hydrogen-bond donors (Lipinski definition) is 2. The average molecular weight is 288 g/mol. The van der Waals surface area contributed by atoms with E-state index in [9.17, 15) is 4.79 Å². The van der Waals surface area contributed by atoms with Gasteiger partial charge in [0.2, 0.25) is 5.91 Å². The molecule has 0 aliphatic heterocycles. The Balaban J connectivity index is 1.97. The summed E-state index contributed by atoms with van der Waals surface area (Å²) < 4.78 is 0. The van der Waals surface area contributed by atoms with Crippen molar-refractivity contribution in [1.82, 2.24) is 5.32 Å². The van der Waals surface area contributed by atoms with Gasteiger partial charge in [-0.1, -0.05) is 12.1 Å². The van der Waals surface area contributed by atoms with Crippen LogP contribution in [0.1, 0.15) is 35.2 Å². The molecule has 1 aromatic carbocycles. The Labute approximate surface area is 124 Å². The van der Waals surface area contributed by atoms with Crippen LogP contribution in [0.2, 0.25) is 0 Å². The number of anilines is 1. The normalized spacial score (nSPS) is 12.2. The van der Waals surface area contributed by atoms with E-state index in [1.54, 1.807) is 0 Å². The lowest BCUT2D eigenvalue weighted by Crippen LogP contribution is -2.17. The van der Waals surface area contributed by atoms with E-state index in [1.807, 2.05) is 29.5 Å². The SMILES string of the molecule is CC(=O)Nc1cccc([C@@H](C)NCc2ccc(C)s2)c1. The van der Waals surface area contributed by atoms with E-state index in [2.05, 4.69) is 42.7 Å². The summed E-state index contributed by atoms with van der Waals surface area (Å²) in [6.07, 6.45) is 0. The number of carbonyl (C=O) groups is 1. The number of benzene rings is 1. The molecule has 0 fully saturated rings. The van der Waals surface area contributed by atoms with E-state index < -0.39 is 0 Å². The zero-order valence-electron chi connectivity index (χ0n) is 12.1. The summed E-state index contributed by atoms with van der Waals surface area (Å²) in [7, 11) is 0. The molecule has 4 heteroatoms. The minimum atomic E-state index is -0.0446. The minimum absolute atomic E-state index is 0.0446. The van der Waals surface area contributed by atoms with Crippen LogP contribution in [0, 0.1) is 6.92 Å². The minimum Gasteiger partial charge on any atom is -0.326 e. The molecule has 106 valence electrons. The van der Waals surface area contributed by atoms with Gasteiger partial charge in [-0.2, -0.15) is 0 Å². The Bertz CT molecular complexity index is 592. The van der Waals surface area contributed by atoms with Crippen molar-refractivity contribution in [2.45, 2.75) is 33.4 Å². The van der Waals surface area contributed by atoms with E-state index in [0.29, 0.717) is 0 Å². The summed E-state index contributed by atoms with van der Waals surface area (Å²) in [6, 6.07) is 12.5. The number of hydrogen-bond acceptors (Lipinski definition) is 3. The van der Waals surface area contributed by atoms with Crippen LogP contribution in [-0.2, 0) is 11.3 Å². The fourth-order valence-electron chi connectivity index (χ4n) is 2.04. The summed E-state index contributed by atoms with van der Waals surface area (Å²) in [5.41, 5.74) is 2.01. The number of aryl methyl sites for hydroxylation is 1. The van der Waals surface area contributed by atoms with Gasteiger partial charge in [0.25, 0.3) is 0 Å². The molecule has 0 bridgehead atoms. The van der Waals surface area contributed by atoms with E-state index in [4.69, 9.17) is 0 Å². The van der Waals surface area contributed by atoms with Crippen molar-refractivity contribution < 1.29 is 4.79 Å². The third kappa shape index (κ3) is 4.18. The highest BCUT2D eigenvalue weighted by Gasteiger charge is 2.07. The largest absolute Gasteiger partial charge is 0.326 e. The maximum atomic E-state index is 11.1. The highest BCUT2D eigenvalue weighted by molar-refractivity contribution is 7.11. The van der Waals surface area contributed by atoms with Crippen molar-refractivity contribution in [3.8, 4) is 0 Å². The second-order valence-electron chi connectivity index (χ2n) is 4.92. The van der Waals surface area contributed by atoms with Crippen LogP contribution in [0.25, 0.3) is 0 Å². The molecule has 0 spiro atoms. The van der Waals surface area contributed by atoms with E-state index >= 15 is 0 Å². The van der Waals surface area contributed by atoms with Crippen molar-refractivity contribution >= 4 is 22.9 Å². The molecule has 0 saturated carbocycles. The van der Waals surface area contributed by atoms with E-state index in [0.717, 1.165) is 12.2 Å². The third-order valence-electron chi connectivity index (χ3n) is 3.09. The van der Waals surface area contributed by atoms with Crippen LogP contribution in [0.3, 0.4) is 0 Å². The standard InChI is InChI=1S/C16H20N2OS/c1-11-7-8-16(20-11)10-17-12(2)14-5-4-6-15(9-14)18-13(3)19/h4-9,12,17H,10H2,1-3H3,(H,18,19)/t12-/m1/s1. The van der Waals surface area contributed by atoms with Crippen molar-refractivity contribution in [3.63, 3.8) is 0 Å². The molecule has 1 heterocycles. The summed E-state index contributed by atoms with van der Waals surface area (Å²) in [5, 5.41) is 6.32. The second kappa shape index (κ2) is 6.68. The van der Waals surface area contributed by atoms with Gasteiger partial charge in [0.15, 0.2) is 0 Å². The molecule has 20 heavy (non-hydrogen) atoms. The lowest BCUT2D eigenvalue weighted by atomic mass is 10.1. The molecule has 0 unspecified atom stereocenters. The summed E-state index contributed by atoms with van der Waals surface area (Å²) >= 11 is 1.82. The number of rotatable bonds is 5. The van der Waals surface area contributed by atoms with Gasteiger partial charge in [0.1, 0.15) is 0 Å². The zero-order valence-corrected chi connectivity index (χ0v) is 12.9. The van der Waals surface area contributed by atoms with Crippen LogP contribution in [0.15, 0.2) is 36.4 Å². The van der Waals surface area contributed by atoms with Crippen LogP contribution in [-0.4, -0.2) is 5.91 Å². The Kier molecular flexibility index (Phi) is 4.93. The summed E-state index contributed by atoms with van der Waals surface area (Å²) in [6.45, 7) is 6.64. The second-order valence-corrected chi connectivity index (χ2v) is 6.29. The molecule has 0 aliphatic rings. The highest BCUT2D eigenvalue weighted by Crippen LogP contribution is 2.20. The van der Waals surface area contributed by atoms with E-state index in [-0.39, 0.29) is 11.9 Å². The topological polar surface area (TPSA) is 41.1 Å². The molecule has 0 aliphatic carbocycles. The molecule has 1 amide bonds. The van der Waals surface area contributed by atoms with Crippen molar-refractivity contribution in [3.05, 3.63) is 51.7 Å². The van der Waals surface area contributed by atoms with Crippen molar-refractivity contribution in [2.75, 3.05) is 5.32 Å². The van der Waals surface area contributed by atoms with Gasteiger partial charge in [0.05, 0.1) is 0 Å². The van der Waals surface area contributed by atoms with Crippen molar-refractivity contribution in [1.29, 1.82) is 0 Å². The molecule has 2 aromatic rings. The quantitative estimate of drug-likeness (QED) is 0.877. The molecule has 2 N–H and O–H groups in total. The van der Waals surface area contributed by atoms with Gasteiger partial charge in [0, 0.05) is 35.0 Å². The Hall–Kier alpha value is -1.65. The molecule has 3 nitrogen and oxygen atoms in total. The van der Waals surface area contributed by atoms with E-state index in [1.165, 1.54) is 22.2 Å². The number of thiophene rings is 1. The van der Waals surface area contributed by atoms with Crippen LogP contribution < -0.4 is 10.6 Å². The Morgan fingerprint density at radius 3 is 2.75 bits per heavy atom. The van der Waals surface area contributed by atoms with Crippen LogP contribution >= 0.6 is 11.3 Å². The molecule has 2 rings (SSSR count). The maximum absolute atomic E-state index is 11.1. The van der Waals surface area contributed by atoms with Gasteiger partial charge in [-0.25, -0.2) is 0 Å². The zero-order chi connectivity index (χ0) is 14.5. The lowest BCUT2D eigenvalue weighted by molar-refractivity contribution is -0.114. The van der Waals surface area contributed by atoms with Gasteiger partial charge in [-0.15, -0.1) is 11.3 Å². The fourth-order valence-corrected chi connectivity index (χ4v) is 2.88. The van der Waals surface area contributed by atoms with Gasteiger partial charge < -0.3 is 10.6 Å². The van der Waals surface area contributed by atoms with Crippen LogP contribution in [0.4, 0.5) is 5.69 Å². The first-order valence-electron chi connectivity index (χ1n) is 6.71. The molecule has 0 radical (unpaired) electrons. The van der Waals surface area contributed by atoms with Gasteiger partial charge in [-0.05, 0) is 43.7 Å². The first-order valence-corrected chi connectivity index (χ1v) is 7.52. The summed E-state index contributed by atoms with van der Waals surface area (Å²) in [4.78, 5) is 13.8. The third-order valence-corrected chi connectivity index (χ3v) is 4.09. The molecule has 1 atom stereocenters. The van der Waals surface area contributed by atoms with Gasteiger partial charge >= 0.3 is 0 Å². The van der Waals surface area contributed by atoms with Gasteiger partial charge in [-0.3, -0.25) is 4.79 Å². The van der Waals surface area contributed by atoms with Crippen molar-refractivity contribution in [2.24, 2.45) is 0 Å².